The number of ether oxygens (including phenoxy) is 1. The Labute approximate surface area is 189 Å². The molecule has 3 heterocycles. The van der Waals surface area contributed by atoms with E-state index in [0.717, 1.165) is 54.6 Å². The number of nitrogens with one attached hydrogen (secondary N) is 2. The second kappa shape index (κ2) is 9.16. The molecule has 8 nitrogen and oxygen atoms in total. The van der Waals surface area contributed by atoms with E-state index in [1.54, 1.807) is 0 Å². The third kappa shape index (κ3) is 4.41. The van der Waals surface area contributed by atoms with Crippen LogP contribution in [0.15, 0.2) is 36.8 Å². The van der Waals surface area contributed by atoms with Crippen LogP contribution in [0.1, 0.15) is 42.6 Å². The molecule has 1 aromatic heterocycles. The highest BCUT2D eigenvalue weighted by Crippen LogP contribution is 2.41. The minimum Gasteiger partial charge on any atom is -0.381 e. The summed E-state index contributed by atoms with van der Waals surface area (Å²) in [6.45, 7) is 12.5. The van der Waals surface area contributed by atoms with Crippen molar-refractivity contribution in [3.05, 3.63) is 47.9 Å². The topological polar surface area (TPSA) is 82.6 Å². The Morgan fingerprint density at radius 2 is 2.06 bits per heavy atom. The molecule has 4 rings (SSSR count). The number of nitrogens with zero attached hydrogens (tertiary/aromatic N) is 4. The Hall–Kier alpha value is -3.13. The van der Waals surface area contributed by atoms with E-state index in [1.165, 1.54) is 0 Å². The average molecular weight is 437 g/mol. The third-order valence-corrected chi connectivity index (χ3v) is 5.97. The van der Waals surface area contributed by atoms with Gasteiger partial charge in [-0.15, -0.1) is 0 Å². The molecule has 2 aliphatic rings. The first-order valence-corrected chi connectivity index (χ1v) is 11.2. The van der Waals surface area contributed by atoms with Gasteiger partial charge in [0.1, 0.15) is 11.5 Å². The number of amides is 1. The van der Waals surface area contributed by atoms with Crippen molar-refractivity contribution in [1.29, 1.82) is 0 Å². The van der Waals surface area contributed by atoms with Crippen LogP contribution < -0.4 is 20.4 Å². The molecule has 8 heteroatoms. The van der Waals surface area contributed by atoms with Crippen molar-refractivity contribution in [3.63, 3.8) is 0 Å². The number of aromatic nitrogens is 2. The quantitative estimate of drug-likeness (QED) is 0.712. The minimum absolute atomic E-state index is 0.0595. The van der Waals surface area contributed by atoms with E-state index in [9.17, 15) is 4.79 Å². The van der Waals surface area contributed by atoms with Gasteiger partial charge in [0.05, 0.1) is 6.20 Å². The van der Waals surface area contributed by atoms with Crippen molar-refractivity contribution in [3.8, 4) is 0 Å². The van der Waals surface area contributed by atoms with Crippen molar-refractivity contribution < 1.29 is 9.53 Å². The zero-order valence-corrected chi connectivity index (χ0v) is 19.3. The van der Waals surface area contributed by atoms with Crippen molar-refractivity contribution in [1.82, 2.24) is 15.3 Å². The molecule has 1 aromatic carbocycles. The fourth-order valence-electron chi connectivity index (χ4n) is 4.05. The monoisotopic (exact) mass is 436 g/mol. The van der Waals surface area contributed by atoms with Gasteiger partial charge in [-0.3, -0.25) is 4.79 Å². The second-order valence-electron chi connectivity index (χ2n) is 8.85. The van der Waals surface area contributed by atoms with E-state index >= 15 is 0 Å². The molecular formula is C24H32N6O2. The maximum absolute atomic E-state index is 12.4. The maximum atomic E-state index is 12.4. The molecule has 0 saturated carbocycles. The molecule has 0 atom stereocenters. The number of hydrogen-bond donors (Lipinski definition) is 2. The molecule has 1 saturated heterocycles. The summed E-state index contributed by atoms with van der Waals surface area (Å²) in [5, 5.41) is 6.27. The minimum atomic E-state index is -0.0595. The Morgan fingerprint density at radius 1 is 1.31 bits per heavy atom. The van der Waals surface area contributed by atoms with Gasteiger partial charge in [-0.2, -0.15) is 4.98 Å². The number of carbonyl (C=O) groups is 1. The molecule has 0 unspecified atom stereocenters. The van der Waals surface area contributed by atoms with Crippen molar-refractivity contribution >= 4 is 29.0 Å². The van der Waals surface area contributed by atoms with Crippen molar-refractivity contribution in [2.24, 2.45) is 5.92 Å². The van der Waals surface area contributed by atoms with Gasteiger partial charge >= 0.3 is 0 Å². The molecule has 2 aromatic rings. The van der Waals surface area contributed by atoms with Crippen LogP contribution in [0.25, 0.3) is 0 Å². The number of rotatable bonds is 6. The summed E-state index contributed by atoms with van der Waals surface area (Å²) in [6, 6.07) is 5.92. The molecule has 1 fully saturated rings. The largest absolute Gasteiger partial charge is 0.381 e. The number of hydrogen-bond acceptors (Lipinski definition) is 7. The van der Waals surface area contributed by atoms with Gasteiger partial charge in [-0.25, -0.2) is 4.98 Å². The van der Waals surface area contributed by atoms with Crippen LogP contribution in [-0.4, -0.2) is 48.7 Å². The van der Waals surface area contributed by atoms with Crippen molar-refractivity contribution in [2.45, 2.75) is 39.7 Å². The number of aryl methyl sites for hydroxylation is 1. The van der Waals surface area contributed by atoms with Gasteiger partial charge in [0, 0.05) is 44.1 Å². The normalized spacial score (nSPS) is 16.5. The van der Waals surface area contributed by atoms with E-state index in [4.69, 9.17) is 9.72 Å². The van der Waals surface area contributed by atoms with Gasteiger partial charge in [0.25, 0.3) is 5.91 Å². The molecule has 0 spiro atoms. The first kappa shape index (κ1) is 22.1. The van der Waals surface area contributed by atoms with Crippen LogP contribution in [0.2, 0.25) is 0 Å². The molecular weight excluding hydrogens is 404 g/mol. The summed E-state index contributed by atoms with van der Waals surface area (Å²) in [5.74, 6) is 2.64. The lowest BCUT2D eigenvalue weighted by molar-refractivity contribution is 0.0858. The molecule has 32 heavy (non-hydrogen) atoms. The average Bonchev–Trinajstić information content (AvgIpc) is 3.03. The lowest BCUT2D eigenvalue weighted by atomic mass is 10.1. The predicted octanol–water partition coefficient (Wildman–Crippen LogP) is 3.82. The lowest BCUT2D eigenvalue weighted by Crippen LogP contribution is -2.39. The fourth-order valence-corrected chi connectivity index (χ4v) is 4.05. The van der Waals surface area contributed by atoms with Crippen LogP contribution in [0.4, 0.5) is 23.1 Å². The fraction of sp³-hybridized carbons (Fsp3) is 0.458. The van der Waals surface area contributed by atoms with E-state index in [2.05, 4.69) is 40.9 Å². The van der Waals surface area contributed by atoms with Gasteiger partial charge in [0.2, 0.25) is 5.95 Å². The summed E-state index contributed by atoms with van der Waals surface area (Å²) in [7, 11) is 1.99. The van der Waals surface area contributed by atoms with Gasteiger partial charge < -0.3 is 25.2 Å². The third-order valence-electron chi connectivity index (χ3n) is 5.97. The molecule has 0 radical (unpaired) electrons. The Kier molecular flexibility index (Phi) is 6.32. The molecule has 2 aliphatic heterocycles. The number of benzene rings is 1. The highest BCUT2D eigenvalue weighted by molar-refractivity contribution is 5.95. The van der Waals surface area contributed by atoms with Crippen LogP contribution >= 0.6 is 0 Å². The van der Waals surface area contributed by atoms with E-state index in [1.807, 2.05) is 43.3 Å². The van der Waals surface area contributed by atoms with Crippen LogP contribution in [0.3, 0.4) is 0 Å². The van der Waals surface area contributed by atoms with Crippen LogP contribution in [-0.2, 0) is 4.74 Å². The molecule has 0 bridgehead atoms. The summed E-state index contributed by atoms with van der Waals surface area (Å²) in [4.78, 5) is 26.0. The number of anilines is 4. The van der Waals surface area contributed by atoms with Gasteiger partial charge in [-0.1, -0.05) is 20.4 Å². The Bertz CT molecular complexity index is 1020. The number of carbonyl (C=O) groups excluding carboxylic acids is 1. The zero-order valence-electron chi connectivity index (χ0n) is 19.3. The van der Waals surface area contributed by atoms with Crippen molar-refractivity contribution in [2.75, 3.05) is 41.9 Å². The molecule has 2 N–H and O–H groups in total. The first-order valence-electron chi connectivity index (χ1n) is 11.2. The molecule has 1 amide bonds. The summed E-state index contributed by atoms with van der Waals surface area (Å²) >= 11 is 0. The molecule has 170 valence electrons. The SMILES string of the molecule is C=C1N(C)c2cnc(Nc3ccc(C(=O)NCC(C)C)cc3C)nc2N1C1CCOCC1. The summed E-state index contributed by atoms with van der Waals surface area (Å²) < 4.78 is 5.53. The summed E-state index contributed by atoms with van der Waals surface area (Å²) in [6.07, 6.45) is 3.72. The highest BCUT2D eigenvalue weighted by atomic mass is 16.5. The Morgan fingerprint density at radius 3 is 2.75 bits per heavy atom. The van der Waals surface area contributed by atoms with E-state index < -0.39 is 0 Å². The predicted molar refractivity (Wildman–Crippen MR) is 128 cm³/mol. The van der Waals surface area contributed by atoms with Gasteiger partial charge in [0.15, 0.2) is 5.82 Å². The smallest absolute Gasteiger partial charge is 0.251 e. The zero-order chi connectivity index (χ0) is 22.8. The lowest BCUT2D eigenvalue weighted by Gasteiger charge is -2.33. The summed E-state index contributed by atoms with van der Waals surface area (Å²) in [5.41, 5.74) is 3.41. The van der Waals surface area contributed by atoms with Crippen LogP contribution in [0.5, 0.6) is 0 Å². The van der Waals surface area contributed by atoms with E-state index in [0.29, 0.717) is 30.0 Å². The Balaban J connectivity index is 1.54. The molecule has 0 aliphatic carbocycles. The number of fused-ring (bicyclic) bond motifs is 1. The highest BCUT2D eigenvalue weighted by Gasteiger charge is 2.35. The van der Waals surface area contributed by atoms with Crippen LogP contribution in [0, 0.1) is 12.8 Å². The second-order valence-corrected chi connectivity index (χ2v) is 8.85. The van der Waals surface area contributed by atoms with Gasteiger partial charge in [-0.05, 0) is 49.4 Å². The standard InChI is InChI=1S/C24H32N6O2/c1-15(2)13-25-23(31)18-6-7-20(16(3)12-18)27-24-26-14-21-22(28-24)30(17(4)29(21)5)19-8-10-32-11-9-19/h6-7,12,14-15,19H,4,8-11,13H2,1-3,5H3,(H,25,31)(H,26,27,28). The van der Waals surface area contributed by atoms with E-state index in [-0.39, 0.29) is 5.91 Å². The maximum Gasteiger partial charge on any atom is 0.251 e. The first-order chi connectivity index (χ1) is 15.3.